The molecule has 0 radical (unpaired) electrons. The maximum absolute atomic E-state index is 12.8. The van der Waals surface area contributed by atoms with Crippen molar-refractivity contribution in [2.75, 3.05) is 0 Å². The molecule has 0 heterocycles. The molecule has 0 atom stereocenters. The Bertz CT molecular complexity index is 969. The van der Waals surface area contributed by atoms with E-state index in [4.69, 9.17) is 11.6 Å². The van der Waals surface area contributed by atoms with Gasteiger partial charge in [0.1, 0.15) is 4.90 Å². The van der Waals surface area contributed by atoms with Crippen LogP contribution in [-0.4, -0.2) is 26.0 Å². The summed E-state index contributed by atoms with van der Waals surface area (Å²) in [5, 5.41) is 11.7. The van der Waals surface area contributed by atoms with Crippen molar-refractivity contribution in [2.45, 2.75) is 23.1 Å². The van der Waals surface area contributed by atoms with E-state index in [9.17, 15) is 23.3 Å². The molecule has 0 saturated carbocycles. The van der Waals surface area contributed by atoms with Crippen LogP contribution in [-0.2, 0) is 16.3 Å². The molecule has 2 rings (SSSR count). The smallest absolute Gasteiger partial charge is 0.267 e. The fourth-order valence-corrected chi connectivity index (χ4v) is 3.87. The van der Waals surface area contributed by atoms with Crippen LogP contribution in [0.4, 0.5) is 5.69 Å². The average Bonchev–Trinajstić information content (AvgIpc) is 2.60. The molecule has 0 unspecified atom stereocenters. The number of aliphatic imine (C=N–C) groups is 1. The first kappa shape index (κ1) is 18.8. The number of hydrogen-bond acceptors (Lipinski definition) is 5. The van der Waals surface area contributed by atoms with Crippen LogP contribution in [0, 0.1) is 10.1 Å². The van der Waals surface area contributed by atoms with Crippen molar-refractivity contribution in [3.8, 4) is 0 Å². The van der Waals surface area contributed by atoms with Crippen LogP contribution in [0.1, 0.15) is 22.8 Å². The summed E-state index contributed by atoms with van der Waals surface area (Å²) in [6.45, 7) is 4.81. The quantitative estimate of drug-likeness (QED) is 0.448. The van der Waals surface area contributed by atoms with Crippen LogP contribution >= 0.6 is 11.6 Å². The number of carbonyl (C=O) groups is 1. The highest BCUT2D eigenvalue weighted by molar-refractivity contribution is 7.91. The SMILES string of the molecule is C=NC(=O)c1cc([N+](=O)[O-])c(S(=O)(=O)c2ccc(Cl)cc2)cc1CC. The van der Waals surface area contributed by atoms with Gasteiger partial charge in [-0.05, 0) is 49.0 Å². The van der Waals surface area contributed by atoms with Crippen LogP contribution in [0.3, 0.4) is 0 Å². The molecule has 0 aliphatic carbocycles. The van der Waals surface area contributed by atoms with E-state index in [-0.39, 0.29) is 16.9 Å². The van der Waals surface area contributed by atoms with Gasteiger partial charge in [0.15, 0.2) is 0 Å². The van der Waals surface area contributed by atoms with Gasteiger partial charge in [-0.15, -0.1) is 0 Å². The Balaban J connectivity index is 2.79. The van der Waals surface area contributed by atoms with E-state index >= 15 is 0 Å². The number of amides is 1. The van der Waals surface area contributed by atoms with Crippen molar-refractivity contribution < 1.29 is 18.1 Å². The summed E-state index contributed by atoms with van der Waals surface area (Å²) in [7, 11) is -4.17. The van der Waals surface area contributed by atoms with Gasteiger partial charge in [0, 0.05) is 11.1 Å². The van der Waals surface area contributed by atoms with Crippen LogP contribution in [0.5, 0.6) is 0 Å². The predicted molar refractivity (Wildman–Crippen MR) is 93.3 cm³/mol. The van der Waals surface area contributed by atoms with E-state index in [1.165, 1.54) is 24.3 Å². The van der Waals surface area contributed by atoms with Crippen molar-refractivity contribution in [1.82, 2.24) is 0 Å². The highest BCUT2D eigenvalue weighted by atomic mass is 35.5. The molecule has 0 aromatic heterocycles. The van der Waals surface area contributed by atoms with Gasteiger partial charge in [-0.2, -0.15) is 0 Å². The third kappa shape index (κ3) is 3.59. The Morgan fingerprint density at radius 3 is 2.36 bits per heavy atom. The fourth-order valence-electron chi connectivity index (χ4n) is 2.29. The Kier molecular flexibility index (Phi) is 5.34. The standard InChI is InChI=1S/C16H13ClN2O5S/c1-3-10-8-15(14(19(21)22)9-13(10)16(20)18-2)25(23,24)12-6-4-11(17)5-7-12/h4-9H,2-3H2,1H3. The van der Waals surface area contributed by atoms with Crippen molar-refractivity contribution in [3.05, 3.63) is 62.7 Å². The minimum Gasteiger partial charge on any atom is -0.267 e. The topological polar surface area (TPSA) is 107 Å². The van der Waals surface area contributed by atoms with E-state index < -0.39 is 31.3 Å². The molecule has 2 aromatic carbocycles. The lowest BCUT2D eigenvalue weighted by Gasteiger charge is -2.10. The van der Waals surface area contributed by atoms with Crippen molar-refractivity contribution in [3.63, 3.8) is 0 Å². The second kappa shape index (κ2) is 7.12. The lowest BCUT2D eigenvalue weighted by Crippen LogP contribution is -2.10. The van der Waals surface area contributed by atoms with Crippen LogP contribution in [0.15, 0.2) is 51.2 Å². The van der Waals surface area contributed by atoms with Crippen molar-refractivity contribution in [1.29, 1.82) is 0 Å². The number of nitro benzene ring substituents is 1. The van der Waals surface area contributed by atoms with Gasteiger partial charge in [0.2, 0.25) is 9.84 Å². The van der Waals surface area contributed by atoms with Gasteiger partial charge in [0.25, 0.3) is 11.6 Å². The van der Waals surface area contributed by atoms with Gasteiger partial charge in [0.05, 0.1) is 15.4 Å². The number of nitro groups is 1. The number of carbonyl (C=O) groups excluding carboxylic acids is 1. The van der Waals surface area contributed by atoms with E-state index in [2.05, 4.69) is 11.7 Å². The summed E-state index contributed by atoms with van der Waals surface area (Å²) in [6.07, 6.45) is 0.289. The number of benzene rings is 2. The second-order valence-corrected chi connectivity index (χ2v) is 7.36. The Morgan fingerprint density at radius 1 is 1.28 bits per heavy atom. The highest BCUT2D eigenvalue weighted by Crippen LogP contribution is 2.33. The second-order valence-electron chi connectivity index (χ2n) is 5.01. The monoisotopic (exact) mass is 380 g/mol. The molecule has 0 N–H and O–H groups in total. The summed E-state index contributed by atoms with van der Waals surface area (Å²) in [5.41, 5.74) is -0.408. The molecular weight excluding hydrogens is 368 g/mol. The number of sulfone groups is 1. The molecular formula is C16H13ClN2O5S. The zero-order valence-electron chi connectivity index (χ0n) is 13.1. The summed E-state index contributed by atoms with van der Waals surface area (Å²) in [5.74, 6) is -0.754. The molecule has 130 valence electrons. The van der Waals surface area contributed by atoms with Gasteiger partial charge in [-0.3, -0.25) is 14.9 Å². The molecule has 0 aliphatic rings. The maximum atomic E-state index is 12.8. The first-order chi connectivity index (χ1) is 11.7. The van der Waals surface area contributed by atoms with Gasteiger partial charge >= 0.3 is 0 Å². The summed E-state index contributed by atoms with van der Waals surface area (Å²) < 4.78 is 25.6. The van der Waals surface area contributed by atoms with Gasteiger partial charge in [-0.25, -0.2) is 13.4 Å². The largest absolute Gasteiger partial charge is 0.289 e. The molecule has 2 aromatic rings. The molecule has 7 nitrogen and oxygen atoms in total. The van der Waals surface area contributed by atoms with E-state index in [1.54, 1.807) is 6.92 Å². The van der Waals surface area contributed by atoms with Gasteiger partial charge < -0.3 is 0 Å². The zero-order chi connectivity index (χ0) is 18.8. The third-order valence-electron chi connectivity index (χ3n) is 3.55. The number of nitrogens with zero attached hydrogens (tertiary/aromatic N) is 2. The maximum Gasteiger partial charge on any atom is 0.289 e. The first-order valence-corrected chi connectivity index (χ1v) is 8.91. The van der Waals surface area contributed by atoms with E-state index in [0.717, 1.165) is 12.1 Å². The number of hydrogen-bond donors (Lipinski definition) is 0. The molecule has 25 heavy (non-hydrogen) atoms. The van der Waals surface area contributed by atoms with Crippen LogP contribution in [0.25, 0.3) is 0 Å². The Hall–Kier alpha value is -2.58. The number of rotatable bonds is 5. The van der Waals surface area contributed by atoms with E-state index in [1.807, 2.05) is 0 Å². The molecule has 9 heteroatoms. The van der Waals surface area contributed by atoms with Crippen LogP contribution in [0.2, 0.25) is 5.02 Å². The molecule has 0 spiro atoms. The molecule has 0 bridgehead atoms. The predicted octanol–water partition coefficient (Wildman–Crippen LogP) is 3.48. The number of halogens is 1. The van der Waals surface area contributed by atoms with Gasteiger partial charge in [-0.1, -0.05) is 18.5 Å². The summed E-state index contributed by atoms with van der Waals surface area (Å²) in [6, 6.07) is 7.34. The molecule has 0 saturated heterocycles. The average molecular weight is 381 g/mol. The first-order valence-electron chi connectivity index (χ1n) is 7.05. The number of aryl methyl sites for hydroxylation is 1. The van der Waals surface area contributed by atoms with Crippen molar-refractivity contribution in [2.24, 2.45) is 4.99 Å². The fraction of sp³-hybridized carbons (Fsp3) is 0.125. The normalized spacial score (nSPS) is 11.1. The lowest BCUT2D eigenvalue weighted by molar-refractivity contribution is -0.387. The molecule has 1 amide bonds. The third-order valence-corrected chi connectivity index (χ3v) is 5.60. The Morgan fingerprint density at radius 2 is 1.88 bits per heavy atom. The Labute approximate surface area is 149 Å². The zero-order valence-corrected chi connectivity index (χ0v) is 14.7. The van der Waals surface area contributed by atoms with E-state index in [0.29, 0.717) is 10.6 Å². The minimum absolute atomic E-state index is 0.0424. The van der Waals surface area contributed by atoms with Crippen molar-refractivity contribution >= 4 is 39.8 Å². The van der Waals surface area contributed by atoms with Crippen LogP contribution < -0.4 is 0 Å². The lowest BCUT2D eigenvalue weighted by atomic mass is 10.0. The minimum atomic E-state index is -4.17. The highest BCUT2D eigenvalue weighted by Gasteiger charge is 2.30. The summed E-state index contributed by atoms with van der Waals surface area (Å²) in [4.78, 5) is 25.0. The summed E-state index contributed by atoms with van der Waals surface area (Å²) >= 11 is 5.75. The molecule has 0 aliphatic heterocycles. The molecule has 0 fully saturated rings.